The maximum atomic E-state index is 13.2. The van der Waals surface area contributed by atoms with Gasteiger partial charge < -0.3 is 9.88 Å². The average molecular weight is 337 g/mol. The highest BCUT2D eigenvalue weighted by molar-refractivity contribution is 5.76. The van der Waals surface area contributed by atoms with Crippen LogP contribution in [-0.2, 0) is 17.5 Å². The van der Waals surface area contributed by atoms with E-state index in [-0.39, 0.29) is 30.0 Å². The Morgan fingerprint density at radius 2 is 2.08 bits per heavy atom. The van der Waals surface area contributed by atoms with Crippen LogP contribution in [0.25, 0.3) is 0 Å². The van der Waals surface area contributed by atoms with E-state index in [1.165, 1.54) is 18.5 Å². The summed E-state index contributed by atoms with van der Waals surface area (Å²) in [5.41, 5.74) is -0.332. The summed E-state index contributed by atoms with van der Waals surface area (Å²) in [6, 6.07) is 5.37. The van der Waals surface area contributed by atoms with Crippen molar-refractivity contribution in [2.45, 2.75) is 43.9 Å². The largest absolute Gasteiger partial charge is 0.416 e. The average Bonchev–Trinajstić information content (AvgIpc) is 3.18. The van der Waals surface area contributed by atoms with Gasteiger partial charge in [0.2, 0.25) is 5.91 Å². The lowest BCUT2D eigenvalue weighted by atomic mass is 9.89. The minimum absolute atomic E-state index is 0.115. The van der Waals surface area contributed by atoms with Crippen LogP contribution in [0.3, 0.4) is 0 Å². The molecule has 0 aliphatic heterocycles. The highest BCUT2D eigenvalue weighted by Crippen LogP contribution is 2.41. The van der Waals surface area contributed by atoms with Crippen LogP contribution in [0.4, 0.5) is 13.2 Å². The number of hydrogen-bond donors (Lipinski definition) is 1. The second kappa shape index (κ2) is 6.67. The Bertz CT molecular complexity index is 697. The molecule has 2 unspecified atom stereocenters. The number of rotatable bonds is 4. The molecule has 24 heavy (non-hydrogen) atoms. The van der Waals surface area contributed by atoms with E-state index in [1.54, 1.807) is 23.0 Å². The lowest BCUT2D eigenvalue weighted by Crippen LogP contribution is -2.38. The van der Waals surface area contributed by atoms with Crippen molar-refractivity contribution in [2.24, 2.45) is 0 Å². The number of amides is 1. The third-order valence-electron chi connectivity index (χ3n) is 4.41. The molecule has 7 heteroatoms. The van der Waals surface area contributed by atoms with Gasteiger partial charge in [-0.25, -0.2) is 4.98 Å². The Morgan fingerprint density at radius 3 is 2.79 bits per heavy atom. The number of carbonyl (C=O) groups excluding carboxylic acids is 1. The number of carbonyl (C=O) groups is 1. The second-order valence-electron chi connectivity index (χ2n) is 6.03. The van der Waals surface area contributed by atoms with Crippen LogP contribution in [0.15, 0.2) is 43.0 Å². The molecule has 1 heterocycles. The molecule has 2 atom stereocenters. The SMILES string of the molecule is O=C(Cn1ccnc1)NC1CCCC1c1ccccc1C(F)(F)F. The Morgan fingerprint density at radius 1 is 1.29 bits per heavy atom. The van der Waals surface area contributed by atoms with Gasteiger partial charge in [-0.3, -0.25) is 4.79 Å². The normalized spacial score (nSPS) is 21.0. The fourth-order valence-corrected chi connectivity index (χ4v) is 3.38. The van der Waals surface area contributed by atoms with Crippen molar-refractivity contribution in [3.8, 4) is 0 Å². The maximum absolute atomic E-state index is 13.2. The van der Waals surface area contributed by atoms with E-state index >= 15 is 0 Å². The lowest BCUT2D eigenvalue weighted by molar-refractivity contribution is -0.138. The number of alkyl halides is 3. The Balaban J connectivity index is 1.75. The summed E-state index contributed by atoms with van der Waals surface area (Å²) >= 11 is 0. The molecular weight excluding hydrogens is 319 g/mol. The fourth-order valence-electron chi connectivity index (χ4n) is 3.38. The number of benzene rings is 1. The van der Waals surface area contributed by atoms with Crippen LogP contribution < -0.4 is 5.32 Å². The van der Waals surface area contributed by atoms with Gasteiger partial charge in [0.05, 0.1) is 11.9 Å². The number of hydrogen-bond acceptors (Lipinski definition) is 2. The quantitative estimate of drug-likeness (QED) is 0.930. The van der Waals surface area contributed by atoms with Gasteiger partial charge in [-0.1, -0.05) is 24.6 Å². The fraction of sp³-hybridized carbons (Fsp3) is 0.412. The maximum Gasteiger partial charge on any atom is 0.416 e. The molecule has 0 spiro atoms. The number of aromatic nitrogens is 2. The lowest BCUT2D eigenvalue weighted by Gasteiger charge is -2.24. The van der Waals surface area contributed by atoms with Gasteiger partial charge in [-0.2, -0.15) is 13.2 Å². The molecule has 0 radical (unpaired) electrons. The summed E-state index contributed by atoms with van der Waals surface area (Å²) < 4.78 is 41.4. The van der Waals surface area contributed by atoms with Gasteiger partial charge in [-0.15, -0.1) is 0 Å². The summed E-state index contributed by atoms with van der Waals surface area (Å²) in [6.07, 6.45) is 2.52. The number of imidazole rings is 1. The first-order chi connectivity index (χ1) is 11.4. The molecule has 1 aliphatic carbocycles. The van der Waals surface area contributed by atoms with Crippen LogP contribution in [0, 0.1) is 0 Å². The molecule has 1 aromatic carbocycles. The monoisotopic (exact) mass is 337 g/mol. The third-order valence-corrected chi connectivity index (χ3v) is 4.41. The van der Waals surface area contributed by atoms with Crippen molar-refractivity contribution >= 4 is 5.91 Å². The number of nitrogens with one attached hydrogen (secondary N) is 1. The van der Waals surface area contributed by atoms with Crippen LogP contribution in [-0.4, -0.2) is 21.5 Å². The minimum Gasteiger partial charge on any atom is -0.351 e. The molecule has 1 fully saturated rings. The third kappa shape index (κ3) is 3.60. The first-order valence-electron chi connectivity index (χ1n) is 7.86. The molecule has 0 saturated heterocycles. The summed E-state index contributed by atoms with van der Waals surface area (Å²) in [4.78, 5) is 16.0. The van der Waals surface area contributed by atoms with Crippen LogP contribution in [0.5, 0.6) is 0 Å². The minimum atomic E-state index is -4.38. The highest BCUT2D eigenvalue weighted by Gasteiger charge is 2.38. The van der Waals surface area contributed by atoms with E-state index < -0.39 is 11.7 Å². The van der Waals surface area contributed by atoms with Crippen LogP contribution >= 0.6 is 0 Å². The van der Waals surface area contributed by atoms with Gasteiger partial charge >= 0.3 is 6.18 Å². The summed E-state index contributed by atoms with van der Waals surface area (Å²) in [6.45, 7) is 0.115. The molecule has 4 nitrogen and oxygen atoms in total. The molecule has 1 saturated carbocycles. The zero-order chi connectivity index (χ0) is 17.2. The standard InChI is InChI=1S/C17H18F3N3O/c18-17(19,20)14-6-2-1-4-12(14)13-5-3-7-15(13)22-16(24)10-23-9-8-21-11-23/h1-2,4,6,8-9,11,13,15H,3,5,7,10H2,(H,22,24). The smallest absolute Gasteiger partial charge is 0.351 e. The number of nitrogens with zero attached hydrogens (tertiary/aromatic N) is 2. The molecule has 1 amide bonds. The first kappa shape index (κ1) is 16.5. The predicted molar refractivity (Wildman–Crippen MR) is 82.2 cm³/mol. The van der Waals surface area contributed by atoms with Gasteiger partial charge in [0, 0.05) is 24.4 Å². The summed E-state index contributed by atoms with van der Waals surface area (Å²) in [5.74, 6) is -0.524. The van der Waals surface area contributed by atoms with Crippen LogP contribution in [0.2, 0.25) is 0 Å². The molecular formula is C17H18F3N3O. The van der Waals surface area contributed by atoms with Crippen LogP contribution in [0.1, 0.15) is 36.3 Å². The predicted octanol–water partition coefficient (Wildman–Crippen LogP) is 3.35. The zero-order valence-electron chi connectivity index (χ0n) is 13.0. The highest BCUT2D eigenvalue weighted by atomic mass is 19.4. The molecule has 1 N–H and O–H groups in total. The molecule has 1 aliphatic rings. The second-order valence-corrected chi connectivity index (χ2v) is 6.03. The topological polar surface area (TPSA) is 46.9 Å². The van der Waals surface area contributed by atoms with Crippen molar-refractivity contribution in [1.82, 2.24) is 14.9 Å². The van der Waals surface area contributed by atoms with E-state index in [9.17, 15) is 18.0 Å². The molecule has 2 aromatic rings. The Kier molecular flexibility index (Phi) is 4.59. The summed E-state index contributed by atoms with van der Waals surface area (Å²) in [7, 11) is 0. The van der Waals surface area contributed by atoms with Gasteiger partial charge in [-0.05, 0) is 24.5 Å². The van der Waals surface area contributed by atoms with Crippen molar-refractivity contribution in [2.75, 3.05) is 0 Å². The van der Waals surface area contributed by atoms with E-state index in [4.69, 9.17) is 0 Å². The number of halogens is 3. The van der Waals surface area contributed by atoms with Gasteiger partial charge in [0.1, 0.15) is 6.54 Å². The zero-order valence-corrected chi connectivity index (χ0v) is 13.0. The molecule has 128 valence electrons. The Labute approximate surface area is 137 Å². The Hall–Kier alpha value is -2.31. The van der Waals surface area contributed by atoms with Gasteiger partial charge in [0.25, 0.3) is 0 Å². The van der Waals surface area contributed by atoms with Crippen molar-refractivity contribution in [3.63, 3.8) is 0 Å². The van der Waals surface area contributed by atoms with E-state index in [0.717, 1.165) is 12.5 Å². The van der Waals surface area contributed by atoms with Crippen molar-refractivity contribution in [1.29, 1.82) is 0 Å². The first-order valence-corrected chi connectivity index (χ1v) is 7.86. The van der Waals surface area contributed by atoms with E-state index in [2.05, 4.69) is 10.3 Å². The molecule has 1 aromatic heterocycles. The molecule has 0 bridgehead atoms. The van der Waals surface area contributed by atoms with E-state index in [1.807, 2.05) is 0 Å². The summed E-state index contributed by atoms with van der Waals surface area (Å²) in [5, 5.41) is 2.89. The van der Waals surface area contributed by atoms with E-state index in [0.29, 0.717) is 12.8 Å². The molecule has 3 rings (SSSR count). The van der Waals surface area contributed by atoms with Gasteiger partial charge in [0.15, 0.2) is 0 Å². The van der Waals surface area contributed by atoms with Crippen molar-refractivity contribution in [3.05, 3.63) is 54.1 Å². The van der Waals surface area contributed by atoms with Crippen molar-refractivity contribution < 1.29 is 18.0 Å².